The number of phenolic OH excluding ortho intramolecular Hbond substituents is 1. The predicted octanol–water partition coefficient (Wildman–Crippen LogP) is -1.14. The molecular formula is C23H30O12. The van der Waals surface area contributed by atoms with Gasteiger partial charge in [0.2, 0.25) is 6.29 Å². The number of hydrogen-bond donors (Lipinski definition) is 6. The van der Waals surface area contributed by atoms with Crippen LogP contribution < -0.4 is 4.74 Å². The maximum Gasteiger partial charge on any atom is 0.338 e. The molecule has 12 heteroatoms. The van der Waals surface area contributed by atoms with E-state index in [1.165, 1.54) is 31.6 Å². The second kappa shape index (κ2) is 10.3. The number of aliphatic hydroxyl groups is 5. The highest BCUT2D eigenvalue weighted by atomic mass is 16.8. The van der Waals surface area contributed by atoms with Crippen molar-refractivity contribution in [1.29, 1.82) is 0 Å². The fourth-order valence-corrected chi connectivity index (χ4v) is 4.79. The van der Waals surface area contributed by atoms with Crippen LogP contribution in [0.1, 0.15) is 17.3 Å². The van der Waals surface area contributed by atoms with Crippen molar-refractivity contribution in [3.63, 3.8) is 0 Å². The molecular weight excluding hydrogens is 468 g/mol. The molecule has 0 aromatic heterocycles. The van der Waals surface area contributed by atoms with Crippen molar-refractivity contribution in [1.82, 2.24) is 0 Å². The third kappa shape index (κ3) is 4.83. The van der Waals surface area contributed by atoms with Crippen molar-refractivity contribution in [3.8, 4) is 11.5 Å². The molecule has 2 fully saturated rings. The van der Waals surface area contributed by atoms with Gasteiger partial charge < -0.3 is 54.3 Å². The summed E-state index contributed by atoms with van der Waals surface area (Å²) in [7, 11) is 1.32. The van der Waals surface area contributed by atoms with Gasteiger partial charge in [-0.1, -0.05) is 6.92 Å². The summed E-state index contributed by atoms with van der Waals surface area (Å²) in [5.41, 5.74) is 0.0686. The number of aliphatic hydroxyl groups excluding tert-OH is 5. The Kier molecular flexibility index (Phi) is 7.52. The van der Waals surface area contributed by atoms with Crippen LogP contribution in [0.15, 0.2) is 30.5 Å². The Morgan fingerprint density at radius 2 is 1.74 bits per heavy atom. The monoisotopic (exact) mass is 498 g/mol. The van der Waals surface area contributed by atoms with Gasteiger partial charge in [-0.2, -0.15) is 0 Å². The first kappa shape index (κ1) is 25.6. The lowest BCUT2D eigenvalue weighted by Crippen LogP contribution is -2.60. The summed E-state index contributed by atoms with van der Waals surface area (Å²) < 4.78 is 27.1. The summed E-state index contributed by atoms with van der Waals surface area (Å²) in [4.78, 5) is 12.4. The van der Waals surface area contributed by atoms with E-state index in [1.54, 1.807) is 13.0 Å². The van der Waals surface area contributed by atoms with Crippen molar-refractivity contribution < 1.29 is 59.1 Å². The molecule has 1 aromatic carbocycles. The average molecular weight is 498 g/mol. The van der Waals surface area contributed by atoms with E-state index >= 15 is 0 Å². The number of phenols is 1. The Morgan fingerprint density at radius 1 is 1.00 bits per heavy atom. The number of esters is 1. The molecule has 1 saturated heterocycles. The van der Waals surface area contributed by atoms with Crippen molar-refractivity contribution >= 4 is 5.97 Å². The van der Waals surface area contributed by atoms with E-state index in [0.717, 1.165) is 0 Å². The minimum atomic E-state index is -1.68. The van der Waals surface area contributed by atoms with Crippen LogP contribution in [-0.2, 0) is 18.9 Å². The molecule has 12 nitrogen and oxygen atoms in total. The molecule has 2 aliphatic heterocycles. The molecule has 1 aromatic rings. The van der Waals surface area contributed by atoms with Crippen molar-refractivity contribution in [2.45, 2.75) is 56.1 Å². The Balaban J connectivity index is 1.42. The molecule has 194 valence electrons. The van der Waals surface area contributed by atoms with Crippen molar-refractivity contribution in [2.75, 3.05) is 13.7 Å². The summed E-state index contributed by atoms with van der Waals surface area (Å²) in [5, 5.41) is 61.3. The van der Waals surface area contributed by atoms with E-state index in [2.05, 4.69) is 0 Å². The molecule has 0 radical (unpaired) electrons. The van der Waals surface area contributed by atoms with E-state index in [1.807, 2.05) is 0 Å². The summed E-state index contributed by atoms with van der Waals surface area (Å²) >= 11 is 0. The molecule has 1 saturated carbocycles. The number of rotatable bonds is 6. The van der Waals surface area contributed by atoms with Gasteiger partial charge in [0.25, 0.3) is 0 Å². The highest BCUT2D eigenvalue weighted by Gasteiger charge is 2.54. The summed E-state index contributed by atoms with van der Waals surface area (Å²) in [6.45, 7) is 1.24. The maximum atomic E-state index is 12.4. The van der Waals surface area contributed by atoms with Gasteiger partial charge in [0.05, 0.1) is 31.1 Å². The van der Waals surface area contributed by atoms with Crippen LogP contribution in [0.25, 0.3) is 0 Å². The molecule has 35 heavy (non-hydrogen) atoms. The molecule has 0 amide bonds. The third-order valence-electron chi connectivity index (χ3n) is 6.89. The van der Waals surface area contributed by atoms with E-state index in [9.17, 15) is 35.4 Å². The van der Waals surface area contributed by atoms with Gasteiger partial charge >= 0.3 is 5.97 Å². The SMILES string of the molecule is COc1cc(C(=O)OCC2OC(OC3OC=CC4C(O)C(O)C(C)C34)C(O)C(O)C2O)ccc1O. The topological polar surface area (TPSA) is 185 Å². The van der Waals surface area contributed by atoms with Crippen LogP contribution in [0.5, 0.6) is 11.5 Å². The van der Waals surface area contributed by atoms with Gasteiger partial charge in [0, 0.05) is 11.8 Å². The molecule has 3 aliphatic rings. The van der Waals surface area contributed by atoms with Gasteiger partial charge in [-0.15, -0.1) is 0 Å². The lowest BCUT2D eigenvalue weighted by molar-refractivity contribution is -0.342. The zero-order valence-electron chi connectivity index (χ0n) is 19.1. The first-order chi connectivity index (χ1) is 16.6. The van der Waals surface area contributed by atoms with Crippen molar-refractivity contribution in [2.24, 2.45) is 17.8 Å². The smallest absolute Gasteiger partial charge is 0.338 e. The summed E-state index contributed by atoms with van der Waals surface area (Å²) in [5.74, 6) is -2.22. The largest absolute Gasteiger partial charge is 0.504 e. The molecule has 4 rings (SSSR count). The minimum absolute atomic E-state index is 0.0663. The number of hydrogen-bond acceptors (Lipinski definition) is 12. The van der Waals surface area contributed by atoms with Gasteiger partial charge in [-0.3, -0.25) is 0 Å². The molecule has 0 spiro atoms. The Bertz CT molecular complexity index is 937. The number of ether oxygens (including phenoxy) is 5. The van der Waals surface area contributed by atoms with Crippen LogP contribution in [0.4, 0.5) is 0 Å². The van der Waals surface area contributed by atoms with E-state index in [-0.39, 0.29) is 17.1 Å². The second-order valence-corrected chi connectivity index (χ2v) is 8.96. The highest BCUT2D eigenvalue weighted by molar-refractivity contribution is 5.90. The first-order valence-electron chi connectivity index (χ1n) is 11.2. The van der Waals surface area contributed by atoms with Crippen LogP contribution in [-0.4, -0.2) is 99.5 Å². The van der Waals surface area contributed by atoms with Gasteiger partial charge in [0.1, 0.15) is 31.0 Å². The van der Waals surface area contributed by atoms with Crippen molar-refractivity contribution in [3.05, 3.63) is 36.1 Å². The summed E-state index contributed by atoms with van der Waals surface area (Å²) in [6.07, 6.45) is -7.75. The standard InChI is InChI=1S/C23H30O12/c1-9-15-11(17(26)16(9)25)5-6-32-22(15)35-23-20(29)19(28)18(27)14(34-23)8-33-21(30)10-3-4-12(24)13(7-10)31-2/h3-7,9,11,14-20,22-29H,8H2,1-2H3. The first-order valence-corrected chi connectivity index (χ1v) is 11.2. The zero-order chi connectivity index (χ0) is 25.4. The fourth-order valence-electron chi connectivity index (χ4n) is 4.79. The van der Waals surface area contributed by atoms with E-state index in [0.29, 0.717) is 0 Å². The molecule has 11 unspecified atom stereocenters. The Morgan fingerprint density at radius 3 is 2.46 bits per heavy atom. The number of fused-ring (bicyclic) bond motifs is 1. The summed E-state index contributed by atoms with van der Waals surface area (Å²) in [6, 6.07) is 3.85. The number of aromatic hydroxyl groups is 1. The van der Waals surface area contributed by atoms with E-state index in [4.69, 9.17) is 23.7 Å². The van der Waals surface area contributed by atoms with Crippen LogP contribution in [0, 0.1) is 17.8 Å². The molecule has 11 atom stereocenters. The highest BCUT2D eigenvalue weighted by Crippen LogP contribution is 2.44. The average Bonchev–Trinajstić information content (AvgIpc) is 3.08. The maximum absolute atomic E-state index is 12.4. The van der Waals surface area contributed by atoms with Crippen LogP contribution in [0.2, 0.25) is 0 Å². The third-order valence-corrected chi connectivity index (χ3v) is 6.89. The molecule has 1 aliphatic carbocycles. The van der Waals surface area contributed by atoms with E-state index < -0.39 is 79.5 Å². The molecule has 6 N–H and O–H groups in total. The lowest BCUT2D eigenvalue weighted by Gasteiger charge is -2.42. The number of carbonyl (C=O) groups excluding carboxylic acids is 1. The van der Waals surface area contributed by atoms with Crippen LogP contribution in [0.3, 0.4) is 0 Å². The Labute approximate surface area is 200 Å². The normalized spacial score (nSPS) is 40.6. The lowest BCUT2D eigenvalue weighted by atomic mass is 9.88. The predicted molar refractivity (Wildman–Crippen MR) is 115 cm³/mol. The Hall–Kier alpha value is -2.45. The van der Waals surface area contributed by atoms with Gasteiger partial charge in [0.15, 0.2) is 17.8 Å². The second-order valence-electron chi connectivity index (χ2n) is 8.96. The number of carbonyl (C=O) groups is 1. The molecule has 0 bridgehead atoms. The number of methoxy groups -OCH3 is 1. The van der Waals surface area contributed by atoms with Crippen LogP contribution >= 0.6 is 0 Å². The van der Waals surface area contributed by atoms with Gasteiger partial charge in [-0.05, 0) is 30.2 Å². The quantitative estimate of drug-likeness (QED) is 0.259. The zero-order valence-corrected chi connectivity index (χ0v) is 19.1. The fraction of sp³-hybridized carbons (Fsp3) is 0.609. The number of benzene rings is 1. The van der Waals surface area contributed by atoms with Gasteiger partial charge in [-0.25, -0.2) is 4.79 Å². The molecule has 2 heterocycles. The minimum Gasteiger partial charge on any atom is -0.504 e.